The molecule has 5 heterocycles. The van der Waals surface area contributed by atoms with Crippen molar-refractivity contribution in [2.75, 3.05) is 19.6 Å². The van der Waals surface area contributed by atoms with E-state index in [1.54, 1.807) is 18.3 Å². The van der Waals surface area contributed by atoms with Crippen LogP contribution in [0, 0.1) is 12.7 Å². The summed E-state index contributed by atoms with van der Waals surface area (Å²) in [7, 11) is 0. The van der Waals surface area contributed by atoms with Crippen molar-refractivity contribution >= 4 is 27.8 Å². The first-order valence-electron chi connectivity index (χ1n) is 16.6. The lowest BCUT2D eigenvalue weighted by molar-refractivity contribution is 0.0607. The van der Waals surface area contributed by atoms with Crippen LogP contribution in [0.15, 0.2) is 85.1 Å². The number of amides is 1. The Morgan fingerprint density at radius 1 is 0.889 bits per heavy atom. The second-order valence-electron chi connectivity index (χ2n) is 13.5. The molecule has 45 heavy (non-hydrogen) atoms. The van der Waals surface area contributed by atoms with Crippen LogP contribution in [-0.2, 0) is 5.41 Å². The number of aryl methyl sites for hydroxylation is 1. The Balaban J connectivity index is 0.978. The minimum absolute atomic E-state index is 0.0160. The molecule has 0 aliphatic carbocycles. The van der Waals surface area contributed by atoms with Gasteiger partial charge in [0.1, 0.15) is 11.6 Å². The maximum absolute atomic E-state index is 13.9. The number of hydrogen-bond donors (Lipinski definition) is 0. The van der Waals surface area contributed by atoms with Crippen LogP contribution < -0.4 is 0 Å². The van der Waals surface area contributed by atoms with Gasteiger partial charge in [-0.15, -0.1) is 0 Å². The molecule has 0 spiro atoms. The van der Waals surface area contributed by atoms with E-state index in [-0.39, 0.29) is 17.1 Å². The molecular weight excluding hydrogens is 561 g/mol. The molecule has 3 aliphatic heterocycles. The van der Waals surface area contributed by atoms with Crippen LogP contribution in [0.25, 0.3) is 21.9 Å². The number of fused-ring (bicyclic) bond motifs is 4. The predicted molar refractivity (Wildman–Crippen MR) is 176 cm³/mol. The highest BCUT2D eigenvalue weighted by Gasteiger charge is 2.44. The smallest absolute Gasteiger partial charge is 0.255 e. The van der Waals surface area contributed by atoms with Gasteiger partial charge in [0.25, 0.3) is 5.91 Å². The summed E-state index contributed by atoms with van der Waals surface area (Å²) in [6.07, 6.45) is 9.52. The van der Waals surface area contributed by atoms with Crippen LogP contribution in [0.1, 0.15) is 72.7 Å². The minimum Gasteiger partial charge on any atom is -0.339 e. The number of hydrogen-bond acceptors (Lipinski definition) is 4. The van der Waals surface area contributed by atoms with Crippen molar-refractivity contribution in [2.24, 2.45) is 0 Å². The molecule has 0 saturated carbocycles. The molecule has 230 valence electrons. The van der Waals surface area contributed by atoms with Gasteiger partial charge in [-0.2, -0.15) is 0 Å². The lowest BCUT2D eigenvalue weighted by atomic mass is 9.70. The van der Waals surface area contributed by atoms with Gasteiger partial charge < -0.3 is 9.47 Å². The molecule has 0 radical (unpaired) electrons. The molecule has 6 nitrogen and oxygen atoms in total. The first-order valence-corrected chi connectivity index (χ1v) is 16.6. The number of imidazole rings is 1. The predicted octanol–water partition coefficient (Wildman–Crippen LogP) is 7.46. The van der Waals surface area contributed by atoms with E-state index in [9.17, 15) is 9.18 Å². The van der Waals surface area contributed by atoms with E-state index in [4.69, 9.17) is 4.98 Å². The first kappa shape index (κ1) is 28.4. The monoisotopic (exact) mass is 601 g/mol. The number of likely N-dealkylation sites (tertiary alicyclic amines) is 1. The molecule has 2 unspecified atom stereocenters. The largest absolute Gasteiger partial charge is 0.339 e. The summed E-state index contributed by atoms with van der Waals surface area (Å²) in [5.41, 5.74) is 5.02. The molecule has 7 heteroatoms. The first-order chi connectivity index (χ1) is 22.0. The molecule has 3 fully saturated rings. The van der Waals surface area contributed by atoms with Gasteiger partial charge in [-0.1, -0.05) is 42.5 Å². The SMILES string of the molecule is Cc1nc2ccccc2n1C1CC2CCC(C1)N2CCC1(c2ccccc2)CCN(C(=O)c2cnc3ccc(F)cc3c2)CC1. The van der Waals surface area contributed by atoms with Gasteiger partial charge >= 0.3 is 0 Å². The third kappa shape index (κ3) is 5.11. The number of carbonyl (C=O) groups is 1. The third-order valence-electron chi connectivity index (χ3n) is 11.1. The van der Waals surface area contributed by atoms with Gasteiger partial charge in [-0.25, -0.2) is 9.37 Å². The number of aromatic nitrogens is 3. The Labute approximate surface area is 263 Å². The summed E-state index contributed by atoms with van der Waals surface area (Å²) in [6.45, 7) is 4.66. The summed E-state index contributed by atoms with van der Waals surface area (Å²) in [5.74, 6) is 0.797. The van der Waals surface area contributed by atoms with E-state index in [1.807, 2.05) is 4.90 Å². The standard InChI is InChI=1S/C38H40FN5O/c1-26-41-35-9-5-6-10-36(35)44(26)33-23-31-12-13-32(24-33)43(31)20-17-38(29-7-3-2-4-8-29)15-18-42(19-16-38)37(45)28-21-27-22-30(39)11-14-34(27)40-25-28/h2-11,14,21-22,25,31-33H,12-13,15-20,23-24H2,1H3. The van der Waals surface area contributed by atoms with E-state index in [2.05, 4.69) is 76.0 Å². The number of piperidine rings is 2. The Bertz CT molecular complexity index is 1850. The Kier molecular flexibility index (Phi) is 7.16. The summed E-state index contributed by atoms with van der Waals surface area (Å²) in [5, 5.41) is 0.659. The highest BCUT2D eigenvalue weighted by atomic mass is 19.1. The molecule has 2 atom stereocenters. The van der Waals surface area contributed by atoms with Gasteiger partial charge in [0, 0.05) is 42.8 Å². The quantitative estimate of drug-likeness (QED) is 0.203. The van der Waals surface area contributed by atoms with Crippen molar-refractivity contribution in [1.29, 1.82) is 0 Å². The zero-order valence-electron chi connectivity index (χ0n) is 25.9. The van der Waals surface area contributed by atoms with Crippen LogP contribution in [0.4, 0.5) is 4.39 Å². The van der Waals surface area contributed by atoms with Crippen molar-refractivity contribution in [1.82, 2.24) is 24.3 Å². The number of benzene rings is 3. The molecule has 1 amide bonds. The van der Waals surface area contributed by atoms with Crippen LogP contribution >= 0.6 is 0 Å². The van der Waals surface area contributed by atoms with E-state index >= 15 is 0 Å². The van der Waals surface area contributed by atoms with Crippen molar-refractivity contribution in [3.63, 3.8) is 0 Å². The summed E-state index contributed by atoms with van der Waals surface area (Å²) >= 11 is 0. The van der Waals surface area contributed by atoms with E-state index in [0.717, 1.165) is 37.1 Å². The van der Waals surface area contributed by atoms with Gasteiger partial charge in [0.05, 0.1) is 22.1 Å². The fourth-order valence-electron chi connectivity index (χ4n) is 8.80. The molecule has 2 aromatic heterocycles. The van der Waals surface area contributed by atoms with Crippen molar-refractivity contribution < 1.29 is 9.18 Å². The van der Waals surface area contributed by atoms with Gasteiger partial charge in [0.15, 0.2) is 0 Å². The summed E-state index contributed by atoms with van der Waals surface area (Å²) in [4.78, 5) is 27.7. The summed E-state index contributed by atoms with van der Waals surface area (Å²) < 4.78 is 16.4. The van der Waals surface area contributed by atoms with Gasteiger partial charge in [-0.3, -0.25) is 14.7 Å². The number of halogens is 1. The van der Waals surface area contributed by atoms with Crippen molar-refractivity contribution in [3.8, 4) is 0 Å². The normalized spacial score (nSPS) is 23.2. The molecule has 3 saturated heterocycles. The number of para-hydroxylation sites is 2. The highest BCUT2D eigenvalue weighted by Crippen LogP contribution is 2.45. The average Bonchev–Trinajstić information content (AvgIpc) is 3.53. The van der Waals surface area contributed by atoms with E-state index in [0.29, 0.717) is 47.7 Å². The van der Waals surface area contributed by atoms with Crippen LogP contribution in [0.5, 0.6) is 0 Å². The molecule has 3 aromatic carbocycles. The average molecular weight is 602 g/mol. The number of rotatable bonds is 6. The molecule has 3 aliphatic rings. The molecule has 5 aromatic rings. The Hall–Kier alpha value is -4.10. The molecule has 2 bridgehead atoms. The molecule has 0 N–H and O–H groups in total. The third-order valence-corrected chi connectivity index (χ3v) is 11.1. The number of nitrogens with zero attached hydrogens (tertiary/aromatic N) is 5. The van der Waals surface area contributed by atoms with Crippen LogP contribution in [-0.4, -0.2) is 62.0 Å². The Morgan fingerprint density at radius 3 is 2.40 bits per heavy atom. The second-order valence-corrected chi connectivity index (χ2v) is 13.5. The van der Waals surface area contributed by atoms with E-state index in [1.165, 1.54) is 48.9 Å². The fourth-order valence-corrected chi connectivity index (χ4v) is 8.80. The maximum atomic E-state index is 13.9. The van der Waals surface area contributed by atoms with Gasteiger partial charge in [0.2, 0.25) is 0 Å². The molecule has 8 rings (SSSR count). The van der Waals surface area contributed by atoms with Gasteiger partial charge in [-0.05, 0) is 106 Å². The van der Waals surface area contributed by atoms with Crippen molar-refractivity contribution in [3.05, 3.63) is 108 Å². The second kappa shape index (κ2) is 11.4. The highest BCUT2D eigenvalue weighted by molar-refractivity contribution is 5.97. The number of pyridine rings is 1. The molecular formula is C38H40FN5O. The fraction of sp³-hybridized carbons (Fsp3) is 0.395. The number of carbonyl (C=O) groups excluding carboxylic acids is 1. The van der Waals surface area contributed by atoms with Crippen LogP contribution in [0.2, 0.25) is 0 Å². The lowest BCUT2D eigenvalue weighted by Crippen LogP contribution is -2.49. The Morgan fingerprint density at radius 2 is 1.62 bits per heavy atom. The van der Waals surface area contributed by atoms with E-state index < -0.39 is 0 Å². The zero-order chi connectivity index (χ0) is 30.5. The zero-order valence-corrected chi connectivity index (χ0v) is 25.9. The van der Waals surface area contributed by atoms with Crippen LogP contribution in [0.3, 0.4) is 0 Å². The maximum Gasteiger partial charge on any atom is 0.255 e. The lowest BCUT2D eigenvalue weighted by Gasteiger charge is -2.45. The van der Waals surface area contributed by atoms with Crippen molar-refractivity contribution in [2.45, 2.75) is 75.4 Å². The topological polar surface area (TPSA) is 54.3 Å². The minimum atomic E-state index is -0.317. The summed E-state index contributed by atoms with van der Waals surface area (Å²) in [6, 6.07) is 27.5.